The molecule has 1 aromatic heterocycles. The van der Waals surface area contributed by atoms with Crippen molar-refractivity contribution < 1.29 is 0 Å². The maximum Gasteiger partial charge on any atom is 0.0762 e. The van der Waals surface area contributed by atoms with Gasteiger partial charge in [0, 0.05) is 31.2 Å². The van der Waals surface area contributed by atoms with E-state index in [2.05, 4.69) is 42.5 Å². The summed E-state index contributed by atoms with van der Waals surface area (Å²) in [6, 6.07) is 10.8. The fraction of sp³-hybridized carbons (Fsp3) is 0.400. The maximum atomic E-state index is 5.83. The molecule has 2 rings (SSSR count). The smallest absolute Gasteiger partial charge is 0.0762 e. The van der Waals surface area contributed by atoms with Gasteiger partial charge in [-0.2, -0.15) is 5.10 Å². The van der Waals surface area contributed by atoms with Crippen LogP contribution in [0.1, 0.15) is 36.7 Å². The van der Waals surface area contributed by atoms with Crippen molar-refractivity contribution in [1.82, 2.24) is 15.1 Å². The molecule has 1 aromatic carbocycles. The first kappa shape index (κ1) is 14.1. The lowest BCUT2D eigenvalue weighted by Gasteiger charge is -2.06. The Kier molecular flexibility index (Phi) is 5.00. The third-order valence-corrected chi connectivity index (χ3v) is 3.28. The third kappa shape index (κ3) is 4.08. The van der Waals surface area contributed by atoms with Gasteiger partial charge in [0.15, 0.2) is 0 Å². The number of nitrogens with zero attached hydrogens (tertiary/aromatic N) is 2. The van der Waals surface area contributed by atoms with Crippen molar-refractivity contribution in [2.75, 3.05) is 0 Å². The summed E-state index contributed by atoms with van der Waals surface area (Å²) < 4.78 is 1.98. The average Bonchev–Trinajstić information content (AvgIpc) is 2.88. The molecular weight excluding hydrogens is 258 g/mol. The molecule has 2 aromatic rings. The molecule has 0 saturated carbocycles. The highest BCUT2D eigenvalue weighted by atomic mass is 35.5. The molecule has 0 bridgehead atoms. The zero-order valence-electron chi connectivity index (χ0n) is 11.4. The van der Waals surface area contributed by atoms with E-state index >= 15 is 0 Å². The summed E-state index contributed by atoms with van der Waals surface area (Å²) in [5, 5.41) is 7.91. The Balaban J connectivity index is 1.85. The van der Waals surface area contributed by atoms with Gasteiger partial charge in [-0.25, -0.2) is 0 Å². The van der Waals surface area contributed by atoms with Crippen molar-refractivity contribution in [3.05, 3.63) is 53.3 Å². The highest BCUT2D eigenvalue weighted by Gasteiger charge is 2.02. The fourth-order valence-electron chi connectivity index (χ4n) is 1.92. The van der Waals surface area contributed by atoms with Crippen LogP contribution in [0.2, 0.25) is 0 Å². The molecule has 0 aliphatic carbocycles. The lowest BCUT2D eigenvalue weighted by atomic mass is 10.1. The molecule has 1 N–H and O–H groups in total. The van der Waals surface area contributed by atoms with Gasteiger partial charge in [0.2, 0.25) is 0 Å². The van der Waals surface area contributed by atoms with Crippen molar-refractivity contribution in [3.8, 4) is 0 Å². The van der Waals surface area contributed by atoms with Gasteiger partial charge < -0.3 is 5.32 Å². The number of alkyl halides is 1. The minimum atomic E-state index is 0.411. The number of halogens is 1. The van der Waals surface area contributed by atoms with Crippen molar-refractivity contribution in [1.29, 1.82) is 0 Å². The molecule has 0 radical (unpaired) electrons. The molecule has 0 fully saturated rings. The molecule has 0 aliphatic heterocycles. The van der Waals surface area contributed by atoms with E-state index in [0.717, 1.165) is 24.3 Å². The Morgan fingerprint density at radius 1 is 1.21 bits per heavy atom. The molecule has 0 spiro atoms. The van der Waals surface area contributed by atoms with Crippen LogP contribution in [0, 0.1) is 0 Å². The molecule has 0 aliphatic rings. The van der Waals surface area contributed by atoms with Gasteiger partial charge in [0.05, 0.1) is 5.69 Å². The van der Waals surface area contributed by atoms with Crippen LogP contribution in [0.25, 0.3) is 0 Å². The van der Waals surface area contributed by atoms with Crippen LogP contribution in [0.4, 0.5) is 0 Å². The molecule has 19 heavy (non-hydrogen) atoms. The largest absolute Gasteiger partial charge is 0.307 e. The summed E-state index contributed by atoms with van der Waals surface area (Å²) in [5.41, 5.74) is 3.48. The summed E-state index contributed by atoms with van der Waals surface area (Å²) in [5.74, 6) is 0.562. The van der Waals surface area contributed by atoms with Gasteiger partial charge in [-0.1, -0.05) is 24.3 Å². The van der Waals surface area contributed by atoms with E-state index in [4.69, 9.17) is 11.6 Å². The third-order valence-electron chi connectivity index (χ3n) is 2.97. The van der Waals surface area contributed by atoms with Gasteiger partial charge in [-0.15, -0.1) is 11.6 Å². The molecule has 0 saturated heterocycles. The molecule has 0 amide bonds. The fourth-order valence-corrected chi connectivity index (χ4v) is 2.08. The first-order valence-corrected chi connectivity index (χ1v) is 7.11. The number of hydrogen-bond acceptors (Lipinski definition) is 2. The van der Waals surface area contributed by atoms with E-state index in [1.54, 1.807) is 0 Å². The molecule has 0 unspecified atom stereocenters. The molecule has 4 heteroatoms. The van der Waals surface area contributed by atoms with Gasteiger partial charge in [-0.3, -0.25) is 4.68 Å². The number of aromatic nitrogens is 2. The van der Waals surface area contributed by atoms with Gasteiger partial charge >= 0.3 is 0 Å². The van der Waals surface area contributed by atoms with Gasteiger partial charge in [0.25, 0.3) is 0 Å². The predicted molar refractivity (Wildman–Crippen MR) is 79.2 cm³/mol. The van der Waals surface area contributed by atoms with Crippen molar-refractivity contribution in [3.63, 3.8) is 0 Å². The molecule has 1 heterocycles. The standard InChI is InChI=1S/C15H20ClN3/c1-12(2)19-7-6-15(18-19)11-17-10-14-5-3-4-13(8-14)9-16/h3-8,12,17H,9-11H2,1-2H3. The second-order valence-corrected chi connectivity index (χ2v) is 5.21. The van der Waals surface area contributed by atoms with E-state index in [9.17, 15) is 0 Å². The van der Waals surface area contributed by atoms with Crippen molar-refractivity contribution >= 4 is 11.6 Å². The summed E-state index contributed by atoms with van der Waals surface area (Å²) in [7, 11) is 0. The minimum Gasteiger partial charge on any atom is -0.307 e. The summed E-state index contributed by atoms with van der Waals surface area (Å²) >= 11 is 5.83. The molecule has 0 atom stereocenters. The summed E-state index contributed by atoms with van der Waals surface area (Å²) in [4.78, 5) is 0. The Labute approximate surface area is 119 Å². The first-order chi connectivity index (χ1) is 9.19. The number of hydrogen-bond donors (Lipinski definition) is 1. The number of benzene rings is 1. The SMILES string of the molecule is CC(C)n1ccc(CNCc2cccc(CCl)c2)n1. The zero-order valence-corrected chi connectivity index (χ0v) is 12.2. The van der Waals surface area contributed by atoms with Crippen LogP contribution >= 0.6 is 11.6 Å². The van der Waals surface area contributed by atoms with Crippen molar-refractivity contribution in [2.45, 2.75) is 38.9 Å². The highest BCUT2D eigenvalue weighted by Crippen LogP contribution is 2.08. The number of rotatable bonds is 6. The van der Waals surface area contributed by atoms with Gasteiger partial charge in [0.1, 0.15) is 0 Å². The van der Waals surface area contributed by atoms with Crippen LogP contribution in [0.15, 0.2) is 36.5 Å². The Hall–Kier alpha value is -1.32. The first-order valence-electron chi connectivity index (χ1n) is 6.57. The quantitative estimate of drug-likeness (QED) is 0.819. The van der Waals surface area contributed by atoms with Crippen molar-refractivity contribution in [2.24, 2.45) is 0 Å². The van der Waals surface area contributed by atoms with E-state index in [0.29, 0.717) is 11.9 Å². The predicted octanol–water partition coefficient (Wildman–Crippen LogP) is 3.49. The monoisotopic (exact) mass is 277 g/mol. The second-order valence-electron chi connectivity index (χ2n) is 4.94. The van der Waals surface area contributed by atoms with E-state index in [1.807, 2.05) is 23.0 Å². The zero-order chi connectivity index (χ0) is 13.7. The van der Waals surface area contributed by atoms with E-state index in [-0.39, 0.29) is 0 Å². The minimum absolute atomic E-state index is 0.411. The van der Waals surface area contributed by atoms with Crippen LogP contribution in [-0.2, 0) is 19.0 Å². The van der Waals surface area contributed by atoms with Crippen LogP contribution in [-0.4, -0.2) is 9.78 Å². The molecule has 102 valence electrons. The maximum absolute atomic E-state index is 5.83. The Morgan fingerprint density at radius 2 is 2.00 bits per heavy atom. The lowest BCUT2D eigenvalue weighted by molar-refractivity contribution is 0.521. The number of nitrogens with one attached hydrogen (secondary N) is 1. The summed E-state index contributed by atoms with van der Waals surface area (Å²) in [6.45, 7) is 5.87. The lowest BCUT2D eigenvalue weighted by Crippen LogP contribution is -2.13. The van der Waals surface area contributed by atoms with E-state index in [1.165, 1.54) is 5.56 Å². The molecule has 3 nitrogen and oxygen atoms in total. The van der Waals surface area contributed by atoms with Crippen LogP contribution in [0.3, 0.4) is 0 Å². The Morgan fingerprint density at radius 3 is 2.68 bits per heavy atom. The average molecular weight is 278 g/mol. The normalized spacial score (nSPS) is 11.2. The summed E-state index contributed by atoms with van der Waals surface area (Å²) in [6.07, 6.45) is 2.02. The van der Waals surface area contributed by atoms with Crippen LogP contribution in [0.5, 0.6) is 0 Å². The van der Waals surface area contributed by atoms with Gasteiger partial charge in [-0.05, 0) is 31.0 Å². The van der Waals surface area contributed by atoms with E-state index < -0.39 is 0 Å². The second kappa shape index (κ2) is 6.73. The highest BCUT2D eigenvalue weighted by molar-refractivity contribution is 6.17. The topological polar surface area (TPSA) is 29.9 Å². The Bertz CT molecular complexity index is 520. The van der Waals surface area contributed by atoms with Crippen LogP contribution < -0.4 is 5.32 Å². The molecular formula is C15H20ClN3.